The Kier molecular flexibility index (Phi) is 6.37. The first-order chi connectivity index (χ1) is 15.9. The lowest BCUT2D eigenvalue weighted by Crippen LogP contribution is -2.44. The molecule has 0 radical (unpaired) electrons. The van der Waals surface area contributed by atoms with Crippen LogP contribution < -0.4 is 15.4 Å². The molecule has 9 nitrogen and oxygen atoms in total. The maximum atomic E-state index is 12.8. The van der Waals surface area contributed by atoms with Crippen LogP contribution in [0.4, 0.5) is 10.5 Å². The molecule has 174 valence electrons. The number of carbonyl (C=O) groups excluding carboxylic acids is 4. The van der Waals surface area contributed by atoms with E-state index >= 15 is 0 Å². The molecule has 10 heteroatoms. The number of nitrogens with zero attached hydrogens (tertiary/aromatic N) is 1. The number of benzene rings is 1. The molecule has 1 aliphatic heterocycles. The van der Waals surface area contributed by atoms with Crippen LogP contribution in [0.3, 0.4) is 0 Å². The zero-order valence-electron chi connectivity index (χ0n) is 18.4. The molecular formula is C23H25N3O6S. The van der Waals surface area contributed by atoms with E-state index in [9.17, 15) is 19.2 Å². The Morgan fingerprint density at radius 2 is 1.88 bits per heavy atom. The van der Waals surface area contributed by atoms with Gasteiger partial charge in [-0.3, -0.25) is 14.5 Å². The predicted octanol–water partition coefficient (Wildman–Crippen LogP) is 3.40. The first kappa shape index (κ1) is 22.8. The van der Waals surface area contributed by atoms with Gasteiger partial charge in [0.1, 0.15) is 22.7 Å². The molecular weight excluding hydrogens is 446 g/mol. The van der Waals surface area contributed by atoms with Crippen molar-refractivity contribution in [3.8, 4) is 16.2 Å². The number of ether oxygens (including phenoxy) is 2. The highest BCUT2D eigenvalue weighted by molar-refractivity contribution is 7.18. The van der Waals surface area contributed by atoms with Gasteiger partial charge in [-0.25, -0.2) is 9.59 Å². The van der Waals surface area contributed by atoms with Gasteiger partial charge in [-0.05, 0) is 55.7 Å². The summed E-state index contributed by atoms with van der Waals surface area (Å²) in [5, 5.41) is 5.44. The minimum Gasteiger partial charge on any atom is -0.497 e. The first-order valence-electron chi connectivity index (χ1n) is 10.8. The van der Waals surface area contributed by atoms with E-state index in [1.165, 1.54) is 11.3 Å². The molecule has 1 saturated carbocycles. The summed E-state index contributed by atoms with van der Waals surface area (Å²) in [5.74, 6) is -0.798. The van der Waals surface area contributed by atoms with E-state index in [0.29, 0.717) is 18.6 Å². The second-order valence-electron chi connectivity index (χ2n) is 7.96. The van der Waals surface area contributed by atoms with Gasteiger partial charge < -0.3 is 20.1 Å². The molecule has 1 saturated heterocycles. The predicted molar refractivity (Wildman–Crippen MR) is 122 cm³/mol. The summed E-state index contributed by atoms with van der Waals surface area (Å²) < 4.78 is 10.3. The van der Waals surface area contributed by atoms with Crippen LogP contribution in [0, 0.1) is 0 Å². The van der Waals surface area contributed by atoms with Gasteiger partial charge >= 0.3 is 12.0 Å². The lowest BCUT2D eigenvalue weighted by Gasteiger charge is -2.19. The third-order valence-corrected chi connectivity index (χ3v) is 7.01. The zero-order valence-corrected chi connectivity index (χ0v) is 19.3. The zero-order chi connectivity index (χ0) is 23.6. The summed E-state index contributed by atoms with van der Waals surface area (Å²) in [7, 11) is 1.58. The van der Waals surface area contributed by atoms with E-state index in [4.69, 9.17) is 9.47 Å². The standard InChI is InChI=1S/C23H25N3O6S/c1-3-32-20(28)19-16(12-17(33-19)14-6-8-15(31-2)9-7-14)24-18(27)13-26-21(29)23(25-22(26)30)10-4-5-11-23/h6-9,12H,3-5,10-11,13H2,1-2H3,(H,24,27)(H,25,30). The lowest BCUT2D eigenvalue weighted by molar-refractivity contribution is -0.133. The van der Waals surface area contributed by atoms with E-state index in [-0.39, 0.29) is 23.1 Å². The number of hydrogen-bond acceptors (Lipinski definition) is 7. The Balaban J connectivity index is 1.54. The average Bonchev–Trinajstić information content (AvgIpc) is 3.50. The van der Waals surface area contributed by atoms with Crippen molar-refractivity contribution in [1.82, 2.24) is 10.2 Å². The number of imide groups is 1. The molecule has 1 aromatic heterocycles. The molecule has 0 atom stereocenters. The fourth-order valence-corrected chi connectivity index (χ4v) is 5.21. The quantitative estimate of drug-likeness (QED) is 0.473. The molecule has 0 bridgehead atoms. The van der Waals surface area contributed by atoms with Gasteiger partial charge in [0.15, 0.2) is 0 Å². The summed E-state index contributed by atoms with van der Waals surface area (Å²) >= 11 is 1.19. The van der Waals surface area contributed by atoms with Gasteiger partial charge in [0, 0.05) is 4.88 Å². The minimum absolute atomic E-state index is 0.187. The van der Waals surface area contributed by atoms with Gasteiger partial charge in [-0.1, -0.05) is 12.8 Å². The Hall–Kier alpha value is -3.40. The number of urea groups is 1. The maximum Gasteiger partial charge on any atom is 0.350 e. The van der Waals surface area contributed by atoms with Crippen LogP contribution in [-0.4, -0.2) is 54.5 Å². The highest BCUT2D eigenvalue weighted by Gasteiger charge is 2.52. The number of carbonyl (C=O) groups is 4. The third-order valence-electron chi connectivity index (χ3n) is 5.85. The number of amides is 4. The Labute approximate surface area is 195 Å². The summed E-state index contributed by atoms with van der Waals surface area (Å²) in [6.07, 6.45) is 2.88. The number of nitrogens with one attached hydrogen (secondary N) is 2. The van der Waals surface area contributed by atoms with Gasteiger partial charge in [0.05, 0.1) is 19.4 Å². The van der Waals surface area contributed by atoms with E-state index < -0.39 is 30.0 Å². The van der Waals surface area contributed by atoms with E-state index in [0.717, 1.165) is 28.2 Å². The summed E-state index contributed by atoms with van der Waals surface area (Å²) in [6, 6.07) is 8.41. The highest BCUT2D eigenvalue weighted by Crippen LogP contribution is 2.37. The van der Waals surface area contributed by atoms with Crippen molar-refractivity contribution in [1.29, 1.82) is 0 Å². The molecule has 1 aromatic carbocycles. The van der Waals surface area contributed by atoms with Crippen LogP contribution in [0.25, 0.3) is 10.4 Å². The summed E-state index contributed by atoms with van der Waals surface area (Å²) in [5.41, 5.74) is 0.234. The summed E-state index contributed by atoms with van der Waals surface area (Å²) in [4.78, 5) is 52.4. The van der Waals surface area contributed by atoms with Crippen LogP contribution in [0.2, 0.25) is 0 Å². The SMILES string of the molecule is CCOC(=O)c1sc(-c2ccc(OC)cc2)cc1NC(=O)CN1C(=O)NC2(CCCC2)C1=O. The Morgan fingerprint density at radius 3 is 2.52 bits per heavy atom. The highest BCUT2D eigenvalue weighted by atomic mass is 32.1. The Bertz CT molecular complexity index is 1090. The molecule has 2 fully saturated rings. The van der Waals surface area contributed by atoms with E-state index in [1.807, 2.05) is 12.1 Å². The smallest absolute Gasteiger partial charge is 0.350 e. The molecule has 0 unspecified atom stereocenters. The van der Waals surface area contributed by atoms with Crippen LogP contribution in [0.1, 0.15) is 42.3 Å². The second-order valence-corrected chi connectivity index (χ2v) is 9.01. The van der Waals surface area contributed by atoms with Crippen molar-refractivity contribution in [2.24, 2.45) is 0 Å². The van der Waals surface area contributed by atoms with Gasteiger partial charge in [-0.15, -0.1) is 11.3 Å². The summed E-state index contributed by atoms with van der Waals surface area (Å²) in [6.45, 7) is 1.46. The average molecular weight is 472 g/mol. The molecule has 4 rings (SSSR count). The number of methoxy groups -OCH3 is 1. The molecule has 1 aliphatic carbocycles. The minimum atomic E-state index is -0.878. The van der Waals surface area contributed by atoms with Crippen molar-refractivity contribution in [2.75, 3.05) is 25.6 Å². The van der Waals surface area contributed by atoms with Crippen LogP contribution in [0.5, 0.6) is 5.75 Å². The number of esters is 1. The molecule has 2 aromatic rings. The monoisotopic (exact) mass is 471 g/mol. The van der Waals surface area contributed by atoms with Crippen molar-refractivity contribution >= 4 is 40.8 Å². The normalized spacial score (nSPS) is 16.7. The van der Waals surface area contributed by atoms with E-state index in [1.54, 1.807) is 32.2 Å². The number of thiophene rings is 1. The van der Waals surface area contributed by atoms with Crippen LogP contribution in [-0.2, 0) is 14.3 Å². The number of rotatable bonds is 7. The van der Waals surface area contributed by atoms with Crippen LogP contribution >= 0.6 is 11.3 Å². The fraction of sp³-hybridized carbons (Fsp3) is 0.391. The van der Waals surface area contributed by atoms with Crippen LogP contribution in [0.15, 0.2) is 30.3 Å². The van der Waals surface area contributed by atoms with Crippen molar-refractivity contribution in [3.05, 3.63) is 35.2 Å². The molecule has 2 heterocycles. The van der Waals surface area contributed by atoms with Gasteiger partial charge in [-0.2, -0.15) is 0 Å². The number of anilines is 1. The van der Waals surface area contributed by atoms with Gasteiger partial charge in [0.2, 0.25) is 5.91 Å². The molecule has 33 heavy (non-hydrogen) atoms. The second kappa shape index (κ2) is 9.22. The molecule has 4 amide bonds. The fourth-order valence-electron chi connectivity index (χ4n) is 4.20. The molecule has 2 N–H and O–H groups in total. The first-order valence-corrected chi connectivity index (χ1v) is 11.6. The van der Waals surface area contributed by atoms with E-state index in [2.05, 4.69) is 10.6 Å². The van der Waals surface area contributed by atoms with Gasteiger partial charge in [0.25, 0.3) is 5.91 Å². The topological polar surface area (TPSA) is 114 Å². The largest absolute Gasteiger partial charge is 0.497 e. The maximum absolute atomic E-state index is 12.8. The third kappa shape index (κ3) is 4.43. The van der Waals surface area contributed by atoms with Crippen molar-refractivity contribution in [3.63, 3.8) is 0 Å². The number of hydrogen-bond donors (Lipinski definition) is 2. The van der Waals surface area contributed by atoms with Crippen molar-refractivity contribution in [2.45, 2.75) is 38.1 Å². The molecule has 1 spiro atoms. The molecule has 2 aliphatic rings. The Morgan fingerprint density at radius 1 is 1.18 bits per heavy atom. The van der Waals surface area contributed by atoms with Crippen molar-refractivity contribution < 1.29 is 28.7 Å². The lowest BCUT2D eigenvalue weighted by atomic mass is 9.98.